The Hall–Kier alpha value is -9.34. The van der Waals surface area contributed by atoms with Crippen LogP contribution in [0.4, 0.5) is 0 Å². The highest BCUT2D eigenvalue weighted by molar-refractivity contribution is 6.26. The Balaban J connectivity index is 1.11. The lowest BCUT2D eigenvalue weighted by Gasteiger charge is -2.16. The third kappa shape index (κ3) is 6.24. The molecule has 14 rings (SSSR count). The number of allylic oxidation sites excluding steroid dienone is 4. The molecule has 1 aliphatic carbocycles. The maximum absolute atomic E-state index is 5.33. The van der Waals surface area contributed by atoms with E-state index in [-0.39, 0.29) is 0 Å². The molecule has 0 saturated heterocycles. The first kappa shape index (κ1) is 38.9. The van der Waals surface area contributed by atoms with Gasteiger partial charge in [-0.25, -0.2) is 9.97 Å². The first-order chi connectivity index (χ1) is 34.2. The van der Waals surface area contributed by atoms with Gasteiger partial charge in [0.2, 0.25) is 11.9 Å². The molecule has 9 nitrogen and oxygen atoms in total. The van der Waals surface area contributed by atoms with E-state index in [1.165, 1.54) is 5.70 Å². The van der Waals surface area contributed by atoms with Crippen LogP contribution < -0.4 is 0 Å². The van der Waals surface area contributed by atoms with Gasteiger partial charge in [-0.2, -0.15) is 19.9 Å². The normalized spacial score (nSPS) is 12.8. The molecule has 0 N–H and O–H groups in total. The molecule has 0 bridgehead atoms. The van der Waals surface area contributed by atoms with Crippen molar-refractivity contribution in [1.29, 1.82) is 0 Å². The second kappa shape index (κ2) is 15.6. The lowest BCUT2D eigenvalue weighted by Crippen LogP contribution is -2.07. The van der Waals surface area contributed by atoms with Crippen LogP contribution in [0, 0.1) is 0 Å². The van der Waals surface area contributed by atoms with E-state index in [4.69, 9.17) is 29.9 Å². The van der Waals surface area contributed by atoms with Gasteiger partial charge in [0, 0.05) is 60.3 Å². The van der Waals surface area contributed by atoms with Crippen LogP contribution in [-0.4, -0.2) is 43.6 Å². The van der Waals surface area contributed by atoms with Gasteiger partial charge in [-0.15, -0.1) is 0 Å². The lowest BCUT2D eigenvalue weighted by molar-refractivity contribution is 0.950. The highest BCUT2D eigenvalue weighted by Gasteiger charge is 2.26. The molecule has 8 aromatic carbocycles. The van der Waals surface area contributed by atoms with Crippen molar-refractivity contribution < 1.29 is 0 Å². The Bertz CT molecular complexity index is 4110. The zero-order chi connectivity index (χ0) is 45.4. The van der Waals surface area contributed by atoms with Crippen LogP contribution in [0.2, 0.25) is 0 Å². The van der Waals surface area contributed by atoms with Gasteiger partial charge in [0.1, 0.15) is 0 Å². The molecule has 0 atom stereocenters. The largest absolute Gasteiger partial charge is 0.311 e. The zero-order valence-corrected chi connectivity index (χ0v) is 37.1. The average Bonchev–Trinajstić information content (AvgIpc) is 4.06. The molecule has 0 saturated carbocycles. The first-order valence-electron chi connectivity index (χ1n) is 23.3. The number of hydrogen-bond acceptors (Lipinski definition) is 6. The minimum atomic E-state index is 0.552. The number of aromatic nitrogens is 9. The average molecular weight is 886 g/mol. The second-order valence-electron chi connectivity index (χ2n) is 17.4. The van der Waals surface area contributed by atoms with Crippen molar-refractivity contribution >= 4 is 71.1 Å². The van der Waals surface area contributed by atoms with Gasteiger partial charge >= 0.3 is 0 Å². The van der Waals surface area contributed by atoms with Gasteiger partial charge in [-0.1, -0.05) is 182 Å². The molecule has 0 aliphatic heterocycles. The van der Waals surface area contributed by atoms with Crippen LogP contribution in [0.5, 0.6) is 0 Å². The quantitative estimate of drug-likeness (QED) is 0.158. The van der Waals surface area contributed by atoms with E-state index in [0.29, 0.717) is 35.2 Å². The van der Waals surface area contributed by atoms with Crippen molar-refractivity contribution in [2.45, 2.75) is 12.8 Å². The summed E-state index contributed by atoms with van der Waals surface area (Å²) in [6, 6.07) is 67.1. The van der Waals surface area contributed by atoms with Crippen LogP contribution in [0.3, 0.4) is 0 Å². The van der Waals surface area contributed by atoms with Gasteiger partial charge in [0.05, 0.1) is 33.1 Å². The van der Waals surface area contributed by atoms with Crippen LogP contribution >= 0.6 is 0 Å². The van der Waals surface area contributed by atoms with Crippen molar-refractivity contribution in [3.63, 3.8) is 0 Å². The number of benzene rings is 8. The van der Waals surface area contributed by atoms with Crippen LogP contribution in [0.1, 0.15) is 12.8 Å². The number of nitrogens with zero attached hydrogens (tertiary/aromatic N) is 9. The minimum Gasteiger partial charge on any atom is -0.311 e. The first-order valence-corrected chi connectivity index (χ1v) is 23.3. The van der Waals surface area contributed by atoms with Gasteiger partial charge in [-0.3, -0.25) is 9.13 Å². The Morgan fingerprint density at radius 1 is 0.319 bits per heavy atom. The van der Waals surface area contributed by atoms with Gasteiger partial charge in [0.15, 0.2) is 23.3 Å². The van der Waals surface area contributed by atoms with E-state index in [0.717, 1.165) is 101 Å². The SMILES string of the molecule is C1=CCCC(n2c3cc4c5ccccc5n(-c5nc(-c6ccccc6)nc(-c6ccccc6)n5)c4cc3c3ccc4c5ccccc5n(-c5nc(-c6ccccc6)nc(-c6ccccc6)n5)c4c32)=C1. The third-order valence-corrected chi connectivity index (χ3v) is 13.4. The maximum atomic E-state index is 5.33. The minimum absolute atomic E-state index is 0.552. The summed E-state index contributed by atoms with van der Waals surface area (Å²) in [7, 11) is 0. The molecule has 0 unspecified atom stereocenters. The highest BCUT2D eigenvalue weighted by Crippen LogP contribution is 2.45. The highest BCUT2D eigenvalue weighted by atomic mass is 15.2. The summed E-state index contributed by atoms with van der Waals surface area (Å²) in [5.74, 6) is 3.55. The third-order valence-electron chi connectivity index (χ3n) is 13.4. The monoisotopic (exact) mass is 885 g/mol. The Morgan fingerprint density at radius 2 is 0.710 bits per heavy atom. The standard InChI is InChI=1S/C60H39N9/c1-6-20-38(21-7-1)55-61-56(39-22-8-2-9-23-39)64-59(63-55)68-49-32-18-17-31-44(49)47-36-51-48(37-52(47)68)46-35-34-45-43-30-16-19-33-50(43)69(54(45)53(46)67(51)42-28-14-5-15-29-42)60-65-57(40-24-10-3-11-25-40)62-58(66-60)41-26-12-4-13-27-41/h1-14,16-28,30-37H,15,29H2. The molecular weight excluding hydrogens is 847 g/mol. The van der Waals surface area contributed by atoms with Crippen molar-refractivity contribution in [3.05, 3.63) is 212 Å². The molecule has 69 heavy (non-hydrogen) atoms. The number of rotatable bonds is 7. The smallest absolute Gasteiger partial charge is 0.238 e. The molecule has 1 aliphatic rings. The number of hydrogen-bond donors (Lipinski definition) is 0. The van der Waals surface area contributed by atoms with Gasteiger partial charge < -0.3 is 4.57 Å². The molecule has 0 amide bonds. The summed E-state index contributed by atoms with van der Waals surface area (Å²) in [5, 5.41) is 6.67. The fraction of sp³-hybridized carbons (Fsp3) is 0.0333. The van der Waals surface area contributed by atoms with Crippen molar-refractivity contribution in [1.82, 2.24) is 43.6 Å². The molecule has 5 heterocycles. The molecular formula is C60H39N9. The molecule has 13 aromatic rings. The second-order valence-corrected chi connectivity index (χ2v) is 17.4. The number of para-hydroxylation sites is 2. The molecule has 5 aromatic heterocycles. The van der Waals surface area contributed by atoms with Crippen molar-refractivity contribution in [2.75, 3.05) is 0 Å². The summed E-state index contributed by atoms with van der Waals surface area (Å²) in [5.41, 5.74) is 11.2. The number of fused-ring (bicyclic) bond motifs is 10. The van der Waals surface area contributed by atoms with E-state index in [1.54, 1.807) is 0 Å². The van der Waals surface area contributed by atoms with Gasteiger partial charge in [-0.05, 0) is 43.2 Å². The van der Waals surface area contributed by atoms with E-state index < -0.39 is 0 Å². The summed E-state index contributed by atoms with van der Waals surface area (Å²) < 4.78 is 6.98. The topological polar surface area (TPSA) is 92.1 Å². The Morgan fingerprint density at radius 3 is 1.20 bits per heavy atom. The summed E-state index contributed by atoms with van der Waals surface area (Å²) in [6.07, 6.45) is 8.53. The van der Waals surface area contributed by atoms with Crippen molar-refractivity contribution in [3.8, 4) is 57.4 Å². The van der Waals surface area contributed by atoms with E-state index in [1.807, 2.05) is 72.8 Å². The molecule has 9 heteroatoms. The molecule has 0 radical (unpaired) electrons. The summed E-state index contributed by atoms with van der Waals surface area (Å²) >= 11 is 0. The van der Waals surface area contributed by atoms with E-state index >= 15 is 0 Å². The van der Waals surface area contributed by atoms with Crippen LogP contribution in [0.15, 0.2) is 212 Å². The molecule has 324 valence electrons. The lowest BCUT2D eigenvalue weighted by atomic mass is 10.1. The summed E-state index contributed by atoms with van der Waals surface area (Å²) in [6.45, 7) is 0. The Kier molecular flexibility index (Phi) is 8.82. The fourth-order valence-electron chi connectivity index (χ4n) is 10.3. The van der Waals surface area contributed by atoms with E-state index in [2.05, 4.69) is 153 Å². The maximum Gasteiger partial charge on any atom is 0.238 e. The van der Waals surface area contributed by atoms with Crippen molar-refractivity contribution in [2.24, 2.45) is 0 Å². The predicted octanol–water partition coefficient (Wildman–Crippen LogP) is 14.2. The van der Waals surface area contributed by atoms with Crippen LogP contribution in [0.25, 0.3) is 129 Å². The predicted molar refractivity (Wildman–Crippen MR) is 279 cm³/mol. The molecule has 0 spiro atoms. The molecule has 0 fully saturated rings. The van der Waals surface area contributed by atoms with Gasteiger partial charge in [0.25, 0.3) is 0 Å². The zero-order valence-electron chi connectivity index (χ0n) is 37.1. The Labute approximate surface area is 395 Å². The fourth-order valence-corrected chi connectivity index (χ4v) is 10.3. The van der Waals surface area contributed by atoms with Crippen LogP contribution in [-0.2, 0) is 0 Å². The summed E-state index contributed by atoms with van der Waals surface area (Å²) in [4.78, 5) is 31.3. The van der Waals surface area contributed by atoms with E-state index in [9.17, 15) is 0 Å².